The molecule has 3 nitrogen and oxygen atoms in total. The molecule has 2 N–H and O–H groups in total. The van der Waals surface area contributed by atoms with E-state index < -0.39 is 11.1 Å². The van der Waals surface area contributed by atoms with Crippen molar-refractivity contribution in [1.29, 1.82) is 0 Å². The number of benzene rings is 1. The molecule has 1 aromatic rings. The first-order valence-electron chi connectivity index (χ1n) is 3.17. The first kappa shape index (κ1) is 13.4. The number of anilines is 1. The second-order valence-electron chi connectivity index (χ2n) is 2.35. The minimum atomic E-state index is -2.27. The van der Waals surface area contributed by atoms with Gasteiger partial charge < -0.3 is 10.3 Å². The van der Waals surface area contributed by atoms with Crippen LogP contribution < -0.4 is 35.3 Å². The summed E-state index contributed by atoms with van der Waals surface area (Å²) in [7, 11) is 0. The molecule has 1 rings (SSSR count). The summed E-state index contributed by atoms with van der Waals surface area (Å²) in [6, 6.07) is 2.75. The zero-order valence-corrected chi connectivity index (χ0v) is 10.9. The van der Waals surface area contributed by atoms with Gasteiger partial charge in [0.05, 0.1) is 0 Å². The van der Waals surface area contributed by atoms with Crippen molar-refractivity contribution in [2.24, 2.45) is 0 Å². The first-order valence-corrected chi connectivity index (χ1v) is 4.62. The van der Waals surface area contributed by atoms with Crippen LogP contribution in [-0.2, 0) is 11.1 Å². The van der Waals surface area contributed by atoms with Gasteiger partial charge in [0, 0.05) is 15.6 Å². The van der Waals surface area contributed by atoms with Gasteiger partial charge in [-0.3, -0.25) is 4.21 Å². The van der Waals surface area contributed by atoms with E-state index in [2.05, 4.69) is 0 Å². The fourth-order valence-electron chi connectivity index (χ4n) is 0.770. The maximum atomic E-state index is 10.5. The predicted molar refractivity (Wildman–Crippen MR) is 47.8 cm³/mol. The first-order chi connectivity index (χ1) is 5.52. The molecule has 1 unspecified atom stereocenters. The van der Waals surface area contributed by atoms with Crippen LogP contribution >= 0.6 is 11.6 Å². The molecule has 0 aliphatic heterocycles. The van der Waals surface area contributed by atoms with Gasteiger partial charge in [-0.15, -0.1) is 0 Å². The van der Waals surface area contributed by atoms with E-state index in [4.69, 9.17) is 17.3 Å². The summed E-state index contributed by atoms with van der Waals surface area (Å²) in [5.74, 6) is 0. The van der Waals surface area contributed by atoms with E-state index in [0.717, 1.165) is 0 Å². The molecule has 0 aliphatic rings. The molecule has 0 heterocycles. The normalized spacial score (nSPS) is 11.9. The molecule has 0 aromatic heterocycles. The third-order valence-corrected chi connectivity index (χ3v) is 2.56. The standard InChI is InChI=1S/C7H8ClNO2S.Na/c1-4-6(8)2-5(12(10)11)3-7(4)9;/h2-3H,9H2,1H3,(H,10,11);/q;+1/p-1. The average Bonchev–Trinajstić information content (AvgIpc) is 1.99. The van der Waals surface area contributed by atoms with Crippen LogP contribution in [0.2, 0.25) is 5.02 Å². The Morgan fingerprint density at radius 2 is 2.08 bits per heavy atom. The van der Waals surface area contributed by atoms with Gasteiger partial charge in [-0.2, -0.15) is 0 Å². The zero-order chi connectivity index (χ0) is 9.30. The van der Waals surface area contributed by atoms with Crippen LogP contribution in [-0.4, -0.2) is 8.76 Å². The molecular formula is C7H7ClNNaO2S. The Labute approximate surface area is 106 Å². The van der Waals surface area contributed by atoms with Crippen molar-refractivity contribution >= 4 is 28.4 Å². The second-order valence-corrected chi connectivity index (χ2v) is 3.70. The van der Waals surface area contributed by atoms with E-state index in [1.165, 1.54) is 12.1 Å². The smallest absolute Gasteiger partial charge is 0.768 e. The van der Waals surface area contributed by atoms with Crippen molar-refractivity contribution < 1.29 is 38.3 Å². The van der Waals surface area contributed by atoms with Crippen molar-refractivity contribution in [2.45, 2.75) is 11.8 Å². The van der Waals surface area contributed by atoms with E-state index in [1.807, 2.05) is 0 Å². The van der Waals surface area contributed by atoms with E-state index in [-0.39, 0.29) is 34.5 Å². The molecule has 0 aliphatic carbocycles. The van der Waals surface area contributed by atoms with Crippen LogP contribution in [0.3, 0.4) is 0 Å². The van der Waals surface area contributed by atoms with Gasteiger partial charge in [0.15, 0.2) is 0 Å². The van der Waals surface area contributed by atoms with Crippen LogP contribution in [0, 0.1) is 6.92 Å². The fraction of sp³-hybridized carbons (Fsp3) is 0.143. The van der Waals surface area contributed by atoms with Gasteiger partial charge in [0.1, 0.15) is 0 Å². The van der Waals surface area contributed by atoms with Gasteiger partial charge in [0.2, 0.25) is 0 Å². The van der Waals surface area contributed by atoms with Crippen LogP contribution in [0.1, 0.15) is 5.56 Å². The molecule has 0 fully saturated rings. The minimum Gasteiger partial charge on any atom is -0.768 e. The second kappa shape index (κ2) is 5.34. The third-order valence-electron chi connectivity index (χ3n) is 1.55. The Kier molecular flexibility index (Phi) is 5.51. The third kappa shape index (κ3) is 3.23. The van der Waals surface area contributed by atoms with Gasteiger partial charge in [-0.25, -0.2) is 0 Å². The number of nitrogen functional groups attached to an aromatic ring is 1. The van der Waals surface area contributed by atoms with Gasteiger partial charge in [0.25, 0.3) is 0 Å². The van der Waals surface area contributed by atoms with Gasteiger partial charge in [-0.1, -0.05) is 11.6 Å². The Bertz CT molecular complexity index is 322. The largest absolute Gasteiger partial charge is 1.00 e. The summed E-state index contributed by atoms with van der Waals surface area (Å²) in [6.45, 7) is 1.73. The monoisotopic (exact) mass is 227 g/mol. The molecule has 6 heteroatoms. The average molecular weight is 228 g/mol. The fourth-order valence-corrected chi connectivity index (χ4v) is 1.50. The van der Waals surface area contributed by atoms with Crippen LogP contribution in [0.15, 0.2) is 17.0 Å². The summed E-state index contributed by atoms with van der Waals surface area (Å²) in [5.41, 5.74) is 6.59. The number of halogens is 1. The summed E-state index contributed by atoms with van der Waals surface area (Å²) < 4.78 is 21.0. The van der Waals surface area contributed by atoms with Crippen molar-refractivity contribution in [3.05, 3.63) is 22.7 Å². The van der Waals surface area contributed by atoms with Crippen LogP contribution in [0.25, 0.3) is 0 Å². The van der Waals surface area contributed by atoms with E-state index in [9.17, 15) is 8.76 Å². The molecule has 1 atom stereocenters. The Hall–Kier alpha value is 0.420. The van der Waals surface area contributed by atoms with Crippen molar-refractivity contribution in [2.75, 3.05) is 5.73 Å². The van der Waals surface area contributed by atoms with Crippen LogP contribution in [0.4, 0.5) is 5.69 Å². The van der Waals surface area contributed by atoms with E-state index in [1.54, 1.807) is 6.92 Å². The quantitative estimate of drug-likeness (QED) is 0.360. The summed E-state index contributed by atoms with van der Waals surface area (Å²) in [4.78, 5) is 0.114. The SMILES string of the molecule is Cc1c(N)cc(S(=O)[O-])cc1Cl.[Na+]. The summed E-state index contributed by atoms with van der Waals surface area (Å²) in [5, 5.41) is 0.370. The number of rotatable bonds is 1. The molecule has 1 aromatic carbocycles. The van der Waals surface area contributed by atoms with Gasteiger partial charge in [-0.05, 0) is 35.7 Å². The van der Waals surface area contributed by atoms with E-state index >= 15 is 0 Å². The molecule has 0 amide bonds. The Morgan fingerprint density at radius 1 is 1.54 bits per heavy atom. The van der Waals surface area contributed by atoms with Gasteiger partial charge >= 0.3 is 29.6 Å². The molecule has 0 saturated carbocycles. The summed E-state index contributed by atoms with van der Waals surface area (Å²) >= 11 is 3.44. The molecular weight excluding hydrogens is 221 g/mol. The molecule has 0 spiro atoms. The zero-order valence-electron chi connectivity index (χ0n) is 7.33. The Balaban J connectivity index is 0.00000144. The molecule has 0 saturated heterocycles. The molecule has 13 heavy (non-hydrogen) atoms. The van der Waals surface area contributed by atoms with Crippen molar-refractivity contribution in [1.82, 2.24) is 0 Å². The topological polar surface area (TPSA) is 66.2 Å². The van der Waals surface area contributed by atoms with Crippen LogP contribution in [0.5, 0.6) is 0 Å². The summed E-state index contributed by atoms with van der Waals surface area (Å²) in [6.07, 6.45) is 0. The number of hydrogen-bond donors (Lipinski definition) is 1. The number of nitrogens with two attached hydrogens (primary N) is 1. The molecule has 0 bridgehead atoms. The van der Waals surface area contributed by atoms with Crippen molar-refractivity contribution in [3.63, 3.8) is 0 Å². The van der Waals surface area contributed by atoms with Crippen molar-refractivity contribution in [3.8, 4) is 0 Å². The molecule has 66 valence electrons. The Morgan fingerprint density at radius 3 is 2.46 bits per heavy atom. The maximum Gasteiger partial charge on any atom is 1.00 e. The minimum absolute atomic E-state index is 0. The molecule has 0 radical (unpaired) electrons. The maximum absolute atomic E-state index is 10.5. The van der Waals surface area contributed by atoms with E-state index in [0.29, 0.717) is 16.3 Å². The number of hydrogen-bond acceptors (Lipinski definition) is 3. The predicted octanol–water partition coefficient (Wildman–Crippen LogP) is -1.53.